The first-order valence-electron chi connectivity index (χ1n) is 11.2. The predicted molar refractivity (Wildman–Crippen MR) is 143 cm³/mol. The zero-order chi connectivity index (χ0) is 25.2. The number of nitrogens with one attached hydrogen (secondary N) is 1. The summed E-state index contributed by atoms with van der Waals surface area (Å²) in [5, 5.41) is 3.76. The van der Waals surface area contributed by atoms with Crippen LogP contribution in [0.4, 0.5) is 5.69 Å². The molecule has 0 spiro atoms. The number of anilines is 1. The van der Waals surface area contributed by atoms with Crippen LogP contribution in [-0.4, -0.2) is 42.0 Å². The van der Waals surface area contributed by atoms with Crippen molar-refractivity contribution >= 4 is 44.7 Å². The molecule has 6 nitrogen and oxygen atoms in total. The molecule has 0 amide bonds. The lowest BCUT2D eigenvalue weighted by atomic mass is 9.71. The van der Waals surface area contributed by atoms with Crippen LogP contribution in [0.2, 0.25) is 0 Å². The van der Waals surface area contributed by atoms with E-state index >= 15 is 0 Å². The Labute approximate surface area is 211 Å². The number of pyridine rings is 1. The Morgan fingerprint density at radius 3 is 2.31 bits per heavy atom. The lowest BCUT2D eigenvalue weighted by Gasteiger charge is -2.47. The summed E-state index contributed by atoms with van der Waals surface area (Å²) in [6.07, 6.45) is 4.68. The Balaban J connectivity index is 1.78. The second kappa shape index (κ2) is 9.71. The Kier molecular flexibility index (Phi) is 6.87. The normalized spacial score (nSPS) is 18.9. The van der Waals surface area contributed by atoms with Gasteiger partial charge in [-0.15, -0.1) is 0 Å². The maximum absolute atomic E-state index is 13.7. The standard InChI is InChI=1S/C27H27N3O3S2/c1-27(2)24(19-12-14-23(15-13-19)35(3,32)33)30(26(34)29-21-9-5-4-6-10-21)18-20(25(27)31)17-22-11-7-8-16-28-22/h4-17,24H,18H2,1-3H3,(H,29,34). The van der Waals surface area contributed by atoms with Crippen molar-refractivity contribution in [3.8, 4) is 0 Å². The van der Waals surface area contributed by atoms with E-state index < -0.39 is 21.3 Å². The number of carbonyl (C=O) groups is 1. The van der Waals surface area contributed by atoms with Crippen molar-refractivity contribution in [2.45, 2.75) is 24.8 Å². The zero-order valence-electron chi connectivity index (χ0n) is 19.8. The van der Waals surface area contributed by atoms with Crippen molar-refractivity contribution < 1.29 is 13.2 Å². The summed E-state index contributed by atoms with van der Waals surface area (Å²) < 4.78 is 24.0. The van der Waals surface area contributed by atoms with E-state index in [1.165, 1.54) is 6.26 Å². The molecule has 180 valence electrons. The first-order chi connectivity index (χ1) is 16.6. The van der Waals surface area contributed by atoms with Gasteiger partial charge in [-0.3, -0.25) is 9.78 Å². The van der Waals surface area contributed by atoms with Gasteiger partial charge in [-0.25, -0.2) is 8.42 Å². The smallest absolute Gasteiger partial charge is 0.175 e. The number of nitrogens with zero attached hydrogens (tertiary/aromatic N) is 2. The lowest BCUT2D eigenvalue weighted by molar-refractivity contribution is -0.128. The number of Topliss-reactive ketones (excluding diaryl/α,β-unsaturated/α-hetero) is 1. The minimum absolute atomic E-state index is 0.000830. The van der Waals surface area contributed by atoms with Crippen LogP contribution in [-0.2, 0) is 14.6 Å². The highest BCUT2D eigenvalue weighted by Crippen LogP contribution is 2.45. The number of hydrogen-bond acceptors (Lipinski definition) is 5. The number of hydrogen-bond donors (Lipinski definition) is 1. The average molecular weight is 506 g/mol. The largest absolute Gasteiger partial charge is 0.337 e. The van der Waals surface area contributed by atoms with Gasteiger partial charge >= 0.3 is 0 Å². The van der Waals surface area contributed by atoms with Crippen molar-refractivity contribution in [3.05, 3.63) is 95.8 Å². The summed E-state index contributed by atoms with van der Waals surface area (Å²) in [5.74, 6) is -0.000830. The lowest BCUT2D eigenvalue weighted by Crippen LogP contribution is -2.53. The fraction of sp³-hybridized carbons (Fsp3) is 0.222. The van der Waals surface area contributed by atoms with Gasteiger partial charge in [0.05, 0.1) is 22.0 Å². The molecule has 0 saturated carbocycles. The molecular formula is C27H27N3O3S2. The number of benzene rings is 2. The summed E-state index contributed by atoms with van der Waals surface area (Å²) in [6, 6.07) is 21.5. The molecule has 1 aliphatic rings. The van der Waals surface area contributed by atoms with Crippen LogP contribution >= 0.6 is 12.2 Å². The third-order valence-corrected chi connectivity index (χ3v) is 7.60. The van der Waals surface area contributed by atoms with Gasteiger partial charge in [-0.1, -0.05) is 50.2 Å². The van der Waals surface area contributed by atoms with Gasteiger partial charge in [0.1, 0.15) is 0 Å². The monoisotopic (exact) mass is 505 g/mol. The molecule has 35 heavy (non-hydrogen) atoms. The van der Waals surface area contributed by atoms with Gasteiger partial charge in [0.15, 0.2) is 20.7 Å². The Morgan fingerprint density at radius 2 is 1.71 bits per heavy atom. The second-order valence-corrected chi connectivity index (χ2v) is 11.5. The van der Waals surface area contributed by atoms with Crippen LogP contribution in [0, 0.1) is 5.41 Å². The van der Waals surface area contributed by atoms with Crippen LogP contribution in [0.25, 0.3) is 6.08 Å². The fourth-order valence-corrected chi connectivity index (χ4v) is 5.34. The molecule has 3 aromatic rings. The van der Waals surface area contributed by atoms with E-state index in [1.807, 2.05) is 73.4 Å². The molecule has 0 bridgehead atoms. The zero-order valence-corrected chi connectivity index (χ0v) is 21.4. The molecule has 1 atom stereocenters. The molecule has 1 saturated heterocycles. The summed E-state index contributed by atoms with van der Waals surface area (Å²) in [6.45, 7) is 4.08. The number of piperidine rings is 1. The van der Waals surface area contributed by atoms with Crippen LogP contribution in [0.15, 0.2) is 89.5 Å². The number of likely N-dealkylation sites (tertiary alicyclic amines) is 1. The van der Waals surface area contributed by atoms with Crippen molar-refractivity contribution in [1.29, 1.82) is 0 Å². The number of rotatable bonds is 4. The number of aromatic nitrogens is 1. The average Bonchev–Trinajstić information content (AvgIpc) is 2.83. The molecule has 2 heterocycles. The molecule has 0 aliphatic carbocycles. The van der Waals surface area contributed by atoms with Gasteiger partial charge in [-0.2, -0.15) is 0 Å². The minimum Gasteiger partial charge on any atom is -0.337 e. The van der Waals surface area contributed by atoms with Crippen LogP contribution < -0.4 is 5.32 Å². The maximum atomic E-state index is 13.7. The fourth-order valence-electron chi connectivity index (χ4n) is 4.42. The van der Waals surface area contributed by atoms with E-state index in [1.54, 1.807) is 30.5 Å². The number of ketones is 1. The summed E-state index contributed by atoms with van der Waals surface area (Å²) in [7, 11) is -3.34. The topological polar surface area (TPSA) is 79.4 Å². The van der Waals surface area contributed by atoms with Gasteiger partial charge in [0, 0.05) is 30.3 Å². The first kappa shape index (κ1) is 24.8. The maximum Gasteiger partial charge on any atom is 0.175 e. The Morgan fingerprint density at radius 1 is 1.06 bits per heavy atom. The van der Waals surface area contributed by atoms with Crippen LogP contribution in [0.5, 0.6) is 0 Å². The van der Waals surface area contributed by atoms with E-state index in [4.69, 9.17) is 12.2 Å². The van der Waals surface area contributed by atoms with Crippen molar-refractivity contribution in [2.24, 2.45) is 5.41 Å². The number of carbonyl (C=O) groups excluding carboxylic acids is 1. The SMILES string of the molecule is CC1(C)C(=O)C(=Cc2ccccn2)CN(C(=S)Nc2ccccc2)C1c1ccc(S(C)(=O)=O)cc1. The van der Waals surface area contributed by atoms with Crippen molar-refractivity contribution in [3.63, 3.8) is 0 Å². The van der Waals surface area contributed by atoms with Crippen molar-refractivity contribution in [1.82, 2.24) is 9.88 Å². The van der Waals surface area contributed by atoms with E-state index in [2.05, 4.69) is 10.3 Å². The van der Waals surface area contributed by atoms with Crippen molar-refractivity contribution in [2.75, 3.05) is 18.1 Å². The van der Waals surface area contributed by atoms with Crippen LogP contribution in [0.1, 0.15) is 31.1 Å². The number of para-hydroxylation sites is 1. The van der Waals surface area contributed by atoms with Gasteiger partial charge in [-0.05, 0) is 60.3 Å². The second-order valence-electron chi connectivity index (χ2n) is 9.14. The molecule has 1 fully saturated rings. The van der Waals surface area contributed by atoms with E-state index in [0.29, 0.717) is 16.4 Å². The minimum atomic E-state index is -3.34. The molecule has 1 aliphatic heterocycles. The first-order valence-corrected chi connectivity index (χ1v) is 13.5. The van der Waals surface area contributed by atoms with Gasteiger partial charge in [0.2, 0.25) is 0 Å². The van der Waals surface area contributed by atoms with E-state index in [0.717, 1.165) is 11.3 Å². The van der Waals surface area contributed by atoms with Crippen LogP contribution in [0.3, 0.4) is 0 Å². The third-order valence-electron chi connectivity index (χ3n) is 6.13. The highest BCUT2D eigenvalue weighted by molar-refractivity contribution is 7.90. The highest BCUT2D eigenvalue weighted by atomic mass is 32.2. The van der Waals surface area contributed by atoms with E-state index in [-0.39, 0.29) is 17.2 Å². The molecular weight excluding hydrogens is 478 g/mol. The summed E-state index contributed by atoms with van der Waals surface area (Å²) >= 11 is 5.84. The third kappa shape index (κ3) is 5.33. The van der Waals surface area contributed by atoms with Gasteiger partial charge < -0.3 is 10.2 Å². The molecule has 0 radical (unpaired) electrons. The highest BCUT2D eigenvalue weighted by Gasteiger charge is 2.47. The van der Waals surface area contributed by atoms with E-state index in [9.17, 15) is 13.2 Å². The van der Waals surface area contributed by atoms with Gasteiger partial charge in [0.25, 0.3) is 0 Å². The summed E-state index contributed by atoms with van der Waals surface area (Å²) in [4.78, 5) is 20.3. The quantitative estimate of drug-likeness (QED) is 0.398. The number of sulfone groups is 1. The Hall–Kier alpha value is -3.36. The molecule has 1 N–H and O–H groups in total. The predicted octanol–water partition coefficient (Wildman–Crippen LogP) is 4.92. The molecule has 1 aromatic heterocycles. The molecule has 1 unspecified atom stereocenters. The molecule has 8 heteroatoms. The Bertz CT molecular complexity index is 1370. The molecule has 2 aromatic carbocycles. The number of thiocarbonyl (C=S) groups is 1. The summed E-state index contributed by atoms with van der Waals surface area (Å²) in [5.41, 5.74) is 2.10. The molecule has 4 rings (SSSR count).